The van der Waals surface area contributed by atoms with E-state index in [-0.39, 0.29) is 11.9 Å². The number of rotatable bonds is 3. The van der Waals surface area contributed by atoms with E-state index >= 15 is 0 Å². The van der Waals surface area contributed by atoms with Crippen molar-refractivity contribution in [3.8, 4) is 5.75 Å². The van der Waals surface area contributed by atoms with Crippen LogP contribution >= 0.6 is 39.7 Å². The van der Waals surface area contributed by atoms with Crippen LogP contribution in [0.4, 0.5) is 11.4 Å². The lowest BCUT2D eigenvalue weighted by Crippen LogP contribution is -2.72. The van der Waals surface area contributed by atoms with Crippen molar-refractivity contribution in [1.82, 2.24) is 5.32 Å². The van der Waals surface area contributed by atoms with Crippen LogP contribution < -0.4 is 20.3 Å². The smallest absolute Gasteiger partial charge is 0.236 e. The van der Waals surface area contributed by atoms with Crippen molar-refractivity contribution in [3.63, 3.8) is 0 Å². The van der Waals surface area contributed by atoms with Crippen LogP contribution in [0.3, 0.4) is 0 Å². The summed E-state index contributed by atoms with van der Waals surface area (Å²) in [4.78, 5) is 15.8. The topological polar surface area (TPSA) is 53.6 Å². The summed E-state index contributed by atoms with van der Waals surface area (Å²) in [6.07, 6.45) is 0. The van der Waals surface area contributed by atoms with Gasteiger partial charge in [0.2, 0.25) is 5.91 Å². The molecular formula is C26H23BrClN3O2S. The summed E-state index contributed by atoms with van der Waals surface area (Å²) in [5, 5.41) is 7.60. The largest absolute Gasteiger partial charge is 0.467 e. The number of nitrogens with zero attached hydrogens (tertiary/aromatic N) is 1. The van der Waals surface area contributed by atoms with Crippen molar-refractivity contribution < 1.29 is 9.53 Å². The zero-order valence-electron chi connectivity index (χ0n) is 18.9. The van der Waals surface area contributed by atoms with E-state index in [4.69, 9.17) is 28.6 Å². The number of aryl methyl sites for hydroxylation is 2. The molecule has 3 aromatic carbocycles. The number of carbonyl (C=O) groups is 1. The molecule has 2 bridgehead atoms. The number of halogens is 2. The Morgan fingerprint density at radius 2 is 1.97 bits per heavy atom. The van der Waals surface area contributed by atoms with E-state index in [1.54, 1.807) is 6.07 Å². The van der Waals surface area contributed by atoms with E-state index in [1.165, 1.54) is 0 Å². The predicted molar refractivity (Wildman–Crippen MR) is 144 cm³/mol. The summed E-state index contributed by atoms with van der Waals surface area (Å²) in [7, 11) is 0. The second kappa shape index (κ2) is 8.56. The first-order valence-electron chi connectivity index (χ1n) is 10.9. The summed E-state index contributed by atoms with van der Waals surface area (Å²) in [5.74, 6) is -0.0823. The second-order valence-corrected chi connectivity index (χ2v) is 10.6. The van der Waals surface area contributed by atoms with Crippen LogP contribution in [0.5, 0.6) is 5.75 Å². The number of carbonyl (C=O) groups excluding carboxylic acids is 1. The monoisotopic (exact) mass is 555 g/mol. The van der Waals surface area contributed by atoms with Crippen LogP contribution in [-0.4, -0.2) is 16.7 Å². The number of thiocarbonyl (C=S) groups is 1. The van der Waals surface area contributed by atoms with Gasteiger partial charge in [-0.1, -0.05) is 51.3 Å². The highest BCUT2D eigenvalue weighted by atomic mass is 79.9. The molecule has 0 spiro atoms. The molecule has 2 aliphatic rings. The van der Waals surface area contributed by atoms with Crippen LogP contribution in [0.15, 0.2) is 65.1 Å². The fourth-order valence-corrected chi connectivity index (χ4v) is 5.90. The van der Waals surface area contributed by atoms with Crippen LogP contribution in [0, 0.1) is 19.8 Å². The van der Waals surface area contributed by atoms with Crippen molar-refractivity contribution in [3.05, 3.63) is 86.8 Å². The fourth-order valence-electron chi connectivity index (χ4n) is 4.92. The molecule has 34 heavy (non-hydrogen) atoms. The van der Waals surface area contributed by atoms with Crippen LogP contribution in [-0.2, 0) is 4.79 Å². The lowest BCUT2D eigenvalue weighted by molar-refractivity contribution is -0.130. The van der Waals surface area contributed by atoms with Crippen molar-refractivity contribution in [2.75, 3.05) is 10.2 Å². The molecule has 5 rings (SSSR count). The van der Waals surface area contributed by atoms with Gasteiger partial charge in [-0.15, -0.1) is 0 Å². The molecule has 1 saturated heterocycles. The predicted octanol–water partition coefficient (Wildman–Crippen LogP) is 6.52. The summed E-state index contributed by atoms with van der Waals surface area (Å²) in [5.41, 5.74) is 3.43. The van der Waals surface area contributed by atoms with E-state index in [9.17, 15) is 4.79 Å². The molecule has 3 atom stereocenters. The Bertz CT molecular complexity index is 1330. The summed E-state index contributed by atoms with van der Waals surface area (Å²) in [6, 6.07) is 18.8. The Morgan fingerprint density at radius 1 is 1.18 bits per heavy atom. The molecule has 1 amide bonds. The zero-order valence-corrected chi connectivity index (χ0v) is 22.0. The van der Waals surface area contributed by atoms with Crippen molar-refractivity contribution in [1.29, 1.82) is 0 Å². The summed E-state index contributed by atoms with van der Waals surface area (Å²) < 4.78 is 7.52. The molecule has 0 saturated carbocycles. The number of amides is 1. The number of anilines is 2. The number of fused-ring (bicyclic) bond motifs is 4. The highest BCUT2D eigenvalue weighted by molar-refractivity contribution is 9.10. The van der Waals surface area contributed by atoms with Crippen molar-refractivity contribution in [2.45, 2.75) is 32.5 Å². The maximum Gasteiger partial charge on any atom is 0.236 e. The summed E-state index contributed by atoms with van der Waals surface area (Å²) in [6.45, 7) is 5.92. The molecule has 2 heterocycles. The van der Waals surface area contributed by atoms with Gasteiger partial charge in [-0.25, -0.2) is 0 Å². The third kappa shape index (κ3) is 3.85. The highest BCUT2D eigenvalue weighted by Crippen LogP contribution is 2.50. The van der Waals surface area contributed by atoms with E-state index in [1.807, 2.05) is 80.3 Å². The van der Waals surface area contributed by atoms with Gasteiger partial charge in [0.05, 0.1) is 6.04 Å². The third-order valence-corrected chi connectivity index (χ3v) is 7.48. The van der Waals surface area contributed by atoms with Gasteiger partial charge in [0.1, 0.15) is 11.7 Å². The molecule has 0 unspecified atom stereocenters. The normalized spacial score (nSPS) is 23.0. The van der Waals surface area contributed by atoms with Gasteiger partial charge in [0.25, 0.3) is 0 Å². The minimum atomic E-state index is -1.10. The van der Waals surface area contributed by atoms with Crippen LogP contribution in [0.1, 0.15) is 29.7 Å². The zero-order chi connectivity index (χ0) is 24.2. The second-order valence-electron chi connectivity index (χ2n) is 8.87. The molecule has 3 aromatic rings. The van der Waals surface area contributed by atoms with E-state index in [2.05, 4.69) is 26.6 Å². The molecule has 0 aromatic heterocycles. The van der Waals surface area contributed by atoms with Gasteiger partial charge in [0, 0.05) is 26.4 Å². The Hall–Kier alpha value is -2.61. The maximum absolute atomic E-state index is 13.9. The quantitative estimate of drug-likeness (QED) is 0.360. The Labute approximate surface area is 217 Å². The Balaban J connectivity index is 1.63. The van der Waals surface area contributed by atoms with Crippen LogP contribution in [0.25, 0.3) is 0 Å². The van der Waals surface area contributed by atoms with Crippen molar-refractivity contribution >= 4 is 62.1 Å². The standard InChI is InChI=1S/C26H23BrClN3O2S/c1-14-7-9-20(15(2)11-14)29-24(32)22-23-19-12-16(27)8-10-21(19)33-26(22,3)31(25(34)30-23)18-6-4-5-17(28)13-18/h4-13,22-23H,1-3H3,(H,29,32)(H,30,34)/t22-,23+,26-/m0/s1. The Morgan fingerprint density at radius 3 is 2.71 bits per heavy atom. The van der Waals surface area contributed by atoms with Gasteiger partial charge >= 0.3 is 0 Å². The first kappa shape index (κ1) is 23.1. The van der Waals surface area contributed by atoms with Gasteiger partial charge in [-0.05, 0) is 81.0 Å². The number of hydrogen-bond acceptors (Lipinski definition) is 3. The molecule has 1 fully saturated rings. The number of benzene rings is 3. The minimum Gasteiger partial charge on any atom is -0.467 e. The third-order valence-electron chi connectivity index (χ3n) is 6.45. The Kier molecular flexibility index (Phi) is 5.82. The van der Waals surface area contributed by atoms with E-state index in [0.29, 0.717) is 15.9 Å². The lowest BCUT2D eigenvalue weighted by Gasteiger charge is -2.56. The maximum atomic E-state index is 13.9. The average Bonchev–Trinajstić information content (AvgIpc) is 2.76. The first-order valence-corrected chi connectivity index (χ1v) is 12.5. The fraction of sp³-hybridized carbons (Fsp3) is 0.231. The highest BCUT2D eigenvalue weighted by Gasteiger charge is 2.59. The number of nitrogens with one attached hydrogen (secondary N) is 2. The van der Waals surface area contributed by atoms with Gasteiger partial charge in [-0.2, -0.15) is 0 Å². The number of hydrogen-bond donors (Lipinski definition) is 2. The lowest BCUT2D eigenvalue weighted by atomic mass is 9.78. The molecule has 2 N–H and O–H groups in total. The average molecular weight is 557 g/mol. The molecule has 174 valence electrons. The van der Waals surface area contributed by atoms with Gasteiger partial charge in [0.15, 0.2) is 10.8 Å². The molecule has 0 radical (unpaired) electrons. The van der Waals surface area contributed by atoms with Crippen molar-refractivity contribution in [2.24, 2.45) is 5.92 Å². The van der Waals surface area contributed by atoms with Crippen LogP contribution in [0.2, 0.25) is 5.02 Å². The first-order chi connectivity index (χ1) is 16.2. The van der Waals surface area contributed by atoms with E-state index < -0.39 is 11.6 Å². The molecular weight excluding hydrogens is 534 g/mol. The summed E-state index contributed by atoms with van der Waals surface area (Å²) >= 11 is 15.7. The minimum absolute atomic E-state index is 0.160. The number of ether oxygens (including phenoxy) is 1. The molecule has 0 aliphatic carbocycles. The van der Waals surface area contributed by atoms with Gasteiger partial charge in [-0.3, -0.25) is 9.69 Å². The van der Waals surface area contributed by atoms with Gasteiger partial charge < -0.3 is 15.4 Å². The molecule has 8 heteroatoms. The SMILES string of the molecule is Cc1ccc(NC(=O)[C@@H]2[C@@H]3NC(=S)N(c4cccc(Cl)c4)[C@@]2(C)Oc2ccc(Br)cc23)c(C)c1. The molecule has 5 nitrogen and oxygen atoms in total. The molecule has 2 aliphatic heterocycles. The van der Waals surface area contributed by atoms with E-state index in [0.717, 1.165) is 32.5 Å².